The second kappa shape index (κ2) is 9.27. The van der Waals surface area contributed by atoms with E-state index in [0.29, 0.717) is 0 Å². The van der Waals surface area contributed by atoms with Crippen LogP contribution >= 0.6 is 0 Å². The van der Waals surface area contributed by atoms with Crippen LogP contribution in [0, 0.1) is 6.92 Å². The summed E-state index contributed by atoms with van der Waals surface area (Å²) in [4.78, 5) is 0. The Morgan fingerprint density at radius 2 is 1.69 bits per heavy atom. The first-order valence-corrected chi connectivity index (χ1v) is 4.53. The minimum atomic E-state index is 0. The molecule has 0 fully saturated rings. The highest BCUT2D eigenvalue weighted by Crippen LogP contribution is 2.05. The molecule has 1 N–H and O–H groups in total. The zero-order chi connectivity index (χ0) is 9.40. The third kappa shape index (κ3) is 5.42. The van der Waals surface area contributed by atoms with Crippen molar-refractivity contribution in [3.8, 4) is 0 Å². The standard InChI is InChI=1S/C9H13N.C2H6.CH4/c1-8-5-3-4-6-9(8)7-10-2;1-2;/h3-6,10H,7H2,1-2H3;1-2H3;1H4. The van der Waals surface area contributed by atoms with Crippen molar-refractivity contribution in [2.24, 2.45) is 0 Å². The molecule has 0 saturated heterocycles. The third-order valence-electron chi connectivity index (χ3n) is 1.63. The quantitative estimate of drug-likeness (QED) is 0.737. The van der Waals surface area contributed by atoms with Crippen molar-refractivity contribution < 1.29 is 0 Å². The average Bonchev–Trinajstić information content (AvgIpc) is 2.13. The lowest BCUT2D eigenvalue weighted by atomic mass is 10.1. The monoisotopic (exact) mass is 181 g/mol. The molecule has 0 aliphatic carbocycles. The van der Waals surface area contributed by atoms with E-state index in [2.05, 4.69) is 36.5 Å². The van der Waals surface area contributed by atoms with Gasteiger partial charge in [0.05, 0.1) is 0 Å². The highest BCUT2D eigenvalue weighted by Gasteiger charge is 1.91. The third-order valence-corrected chi connectivity index (χ3v) is 1.63. The predicted molar refractivity (Wildman–Crippen MR) is 62.0 cm³/mol. The fraction of sp³-hybridized carbons (Fsp3) is 0.500. The summed E-state index contributed by atoms with van der Waals surface area (Å²) in [7, 11) is 1.96. The van der Waals surface area contributed by atoms with Gasteiger partial charge in [0.15, 0.2) is 0 Å². The van der Waals surface area contributed by atoms with Gasteiger partial charge in [-0.2, -0.15) is 0 Å². The molecular weight excluding hydrogens is 158 g/mol. The normalized spacial score (nSPS) is 8.00. The summed E-state index contributed by atoms with van der Waals surface area (Å²) in [5.41, 5.74) is 2.74. The van der Waals surface area contributed by atoms with Crippen LogP contribution in [-0.2, 0) is 6.54 Å². The number of rotatable bonds is 2. The van der Waals surface area contributed by atoms with Crippen LogP contribution in [0.25, 0.3) is 0 Å². The summed E-state index contributed by atoms with van der Waals surface area (Å²) in [5, 5.41) is 3.12. The molecule has 1 nitrogen and oxygen atoms in total. The molecule has 0 spiro atoms. The molecule has 13 heavy (non-hydrogen) atoms. The van der Waals surface area contributed by atoms with Gasteiger partial charge in [-0.3, -0.25) is 0 Å². The van der Waals surface area contributed by atoms with Crippen LogP contribution in [0.5, 0.6) is 0 Å². The van der Waals surface area contributed by atoms with Crippen LogP contribution in [0.4, 0.5) is 0 Å². The first-order chi connectivity index (χ1) is 5.84. The highest BCUT2D eigenvalue weighted by atomic mass is 14.8. The SMILES string of the molecule is C.CC.CNCc1ccccc1C. The van der Waals surface area contributed by atoms with E-state index in [4.69, 9.17) is 0 Å². The second-order valence-electron chi connectivity index (χ2n) is 2.46. The molecule has 1 rings (SSSR count). The summed E-state index contributed by atoms with van der Waals surface area (Å²) in [6.07, 6.45) is 0. The summed E-state index contributed by atoms with van der Waals surface area (Å²) in [5.74, 6) is 0. The van der Waals surface area contributed by atoms with Crippen LogP contribution in [0.2, 0.25) is 0 Å². The summed E-state index contributed by atoms with van der Waals surface area (Å²) >= 11 is 0. The van der Waals surface area contributed by atoms with E-state index in [9.17, 15) is 0 Å². The first-order valence-electron chi connectivity index (χ1n) is 4.53. The number of hydrogen-bond acceptors (Lipinski definition) is 1. The fourth-order valence-electron chi connectivity index (χ4n) is 0.999. The van der Waals surface area contributed by atoms with E-state index >= 15 is 0 Å². The minimum Gasteiger partial charge on any atom is -0.316 e. The van der Waals surface area contributed by atoms with E-state index in [1.54, 1.807) is 0 Å². The van der Waals surface area contributed by atoms with Gasteiger partial charge in [0.1, 0.15) is 0 Å². The molecular formula is C12H23N. The van der Waals surface area contributed by atoms with Gasteiger partial charge in [0.2, 0.25) is 0 Å². The number of benzene rings is 1. The van der Waals surface area contributed by atoms with Gasteiger partial charge in [0, 0.05) is 6.54 Å². The molecule has 0 heterocycles. The van der Waals surface area contributed by atoms with Crippen LogP contribution in [0.3, 0.4) is 0 Å². The lowest BCUT2D eigenvalue weighted by Gasteiger charge is -2.02. The van der Waals surface area contributed by atoms with E-state index < -0.39 is 0 Å². The number of nitrogens with one attached hydrogen (secondary N) is 1. The Kier molecular flexibility index (Phi) is 10.5. The van der Waals surface area contributed by atoms with Crippen molar-refractivity contribution in [1.82, 2.24) is 5.32 Å². The van der Waals surface area contributed by atoms with Crippen molar-refractivity contribution in [3.05, 3.63) is 35.4 Å². The van der Waals surface area contributed by atoms with E-state index in [1.165, 1.54) is 11.1 Å². The van der Waals surface area contributed by atoms with Gasteiger partial charge in [-0.15, -0.1) is 0 Å². The summed E-state index contributed by atoms with van der Waals surface area (Å²) in [6.45, 7) is 7.10. The molecule has 76 valence electrons. The lowest BCUT2D eigenvalue weighted by molar-refractivity contribution is 0.812. The highest BCUT2D eigenvalue weighted by molar-refractivity contribution is 5.25. The maximum Gasteiger partial charge on any atom is 0.0205 e. The molecule has 1 aromatic rings. The largest absolute Gasteiger partial charge is 0.316 e. The number of hydrogen-bond donors (Lipinski definition) is 1. The fourth-order valence-corrected chi connectivity index (χ4v) is 0.999. The van der Waals surface area contributed by atoms with Gasteiger partial charge in [0.25, 0.3) is 0 Å². The van der Waals surface area contributed by atoms with Crippen molar-refractivity contribution in [2.45, 2.75) is 34.7 Å². The smallest absolute Gasteiger partial charge is 0.0205 e. The molecule has 0 saturated carbocycles. The Hall–Kier alpha value is -0.820. The Bertz CT molecular complexity index is 206. The van der Waals surface area contributed by atoms with Crippen molar-refractivity contribution in [2.75, 3.05) is 7.05 Å². The maximum absolute atomic E-state index is 3.12. The topological polar surface area (TPSA) is 12.0 Å². The van der Waals surface area contributed by atoms with E-state index in [-0.39, 0.29) is 7.43 Å². The van der Waals surface area contributed by atoms with Gasteiger partial charge in [-0.25, -0.2) is 0 Å². The lowest BCUT2D eigenvalue weighted by Crippen LogP contribution is -2.05. The maximum atomic E-state index is 3.12. The van der Waals surface area contributed by atoms with Gasteiger partial charge < -0.3 is 5.32 Å². The molecule has 0 aliphatic rings. The molecule has 0 aliphatic heterocycles. The molecule has 1 heteroatoms. The van der Waals surface area contributed by atoms with Crippen LogP contribution in [0.15, 0.2) is 24.3 Å². The second-order valence-corrected chi connectivity index (χ2v) is 2.46. The van der Waals surface area contributed by atoms with Crippen LogP contribution < -0.4 is 5.32 Å². The average molecular weight is 181 g/mol. The zero-order valence-electron chi connectivity index (χ0n) is 8.52. The van der Waals surface area contributed by atoms with Crippen molar-refractivity contribution >= 4 is 0 Å². The van der Waals surface area contributed by atoms with Crippen molar-refractivity contribution in [3.63, 3.8) is 0 Å². The molecule has 0 aromatic heterocycles. The van der Waals surface area contributed by atoms with E-state index in [0.717, 1.165) is 6.54 Å². The molecule has 0 bridgehead atoms. The predicted octanol–water partition coefficient (Wildman–Crippen LogP) is 3.38. The van der Waals surface area contributed by atoms with Crippen molar-refractivity contribution in [1.29, 1.82) is 0 Å². The molecule has 1 aromatic carbocycles. The molecule has 0 unspecified atom stereocenters. The Morgan fingerprint density at radius 1 is 1.15 bits per heavy atom. The van der Waals surface area contributed by atoms with E-state index in [1.807, 2.05) is 20.9 Å². The molecule has 0 atom stereocenters. The van der Waals surface area contributed by atoms with Gasteiger partial charge in [-0.1, -0.05) is 45.5 Å². The summed E-state index contributed by atoms with van der Waals surface area (Å²) < 4.78 is 0. The van der Waals surface area contributed by atoms with Crippen LogP contribution in [0.1, 0.15) is 32.4 Å². The molecule has 0 radical (unpaired) electrons. The molecule has 0 amide bonds. The first kappa shape index (κ1) is 14.7. The van der Waals surface area contributed by atoms with Crippen LogP contribution in [-0.4, -0.2) is 7.05 Å². The zero-order valence-corrected chi connectivity index (χ0v) is 8.52. The van der Waals surface area contributed by atoms with Gasteiger partial charge in [-0.05, 0) is 25.1 Å². The van der Waals surface area contributed by atoms with Gasteiger partial charge >= 0.3 is 0 Å². The summed E-state index contributed by atoms with van der Waals surface area (Å²) in [6, 6.07) is 8.41. The minimum absolute atomic E-state index is 0. The Morgan fingerprint density at radius 3 is 2.15 bits per heavy atom. The number of aryl methyl sites for hydroxylation is 1. The Balaban J connectivity index is 0. The Labute approximate surface area is 83.2 Å².